The number of piperazine rings is 1. The van der Waals surface area contributed by atoms with E-state index >= 15 is 0 Å². The number of rotatable bonds is 7. The molecule has 3 rings (SSSR count). The van der Waals surface area contributed by atoms with E-state index in [9.17, 15) is 4.79 Å². The first kappa shape index (κ1) is 19.2. The van der Waals surface area contributed by atoms with Crippen molar-refractivity contribution in [3.8, 4) is 5.75 Å². The summed E-state index contributed by atoms with van der Waals surface area (Å²) >= 11 is 0. The standard InChI is InChI=1S/C21H28N4O2/c1-17-6-7-19(18(2)15-17)27-14-9-23-21(26)16-24-10-12-25(13-11-24)20-5-3-4-8-22-20/h3-8,15H,9-14,16H2,1-2H3,(H,23,26)/p+2. The summed E-state index contributed by atoms with van der Waals surface area (Å²) < 4.78 is 5.76. The first-order chi connectivity index (χ1) is 13.1. The highest BCUT2D eigenvalue weighted by Gasteiger charge is 2.26. The Hall–Kier alpha value is -2.60. The number of pyridine rings is 1. The minimum Gasteiger partial charge on any atom is -0.491 e. The molecular formula is C21H30N4O2+2. The summed E-state index contributed by atoms with van der Waals surface area (Å²) in [5, 5.41) is 2.97. The second kappa shape index (κ2) is 9.37. The van der Waals surface area contributed by atoms with Crippen LogP contribution in [0.1, 0.15) is 11.1 Å². The van der Waals surface area contributed by atoms with Crippen LogP contribution in [0.25, 0.3) is 0 Å². The first-order valence-corrected chi connectivity index (χ1v) is 9.64. The smallest absolute Gasteiger partial charge is 0.275 e. The van der Waals surface area contributed by atoms with Gasteiger partial charge in [-0.25, -0.2) is 4.98 Å². The van der Waals surface area contributed by atoms with Crippen molar-refractivity contribution in [2.45, 2.75) is 13.8 Å². The highest BCUT2D eigenvalue weighted by Crippen LogP contribution is 2.18. The molecule has 1 aliphatic rings. The van der Waals surface area contributed by atoms with Crippen molar-refractivity contribution in [1.29, 1.82) is 0 Å². The number of nitrogens with one attached hydrogen (secondary N) is 3. The third-order valence-corrected chi connectivity index (χ3v) is 4.93. The maximum Gasteiger partial charge on any atom is 0.275 e. The van der Waals surface area contributed by atoms with E-state index in [1.165, 1.54) is 10.5 Å². The van der Waals surface area contributed by atoms with E-state index in [-0.39, 0.29) is 5.91 Å². The van der Waals surface area contributed by atoms with E-state index in [0.717, 1.165) is 43.3 Å². The van der Waals surface area contributed by atoms with E-state index in [1.54, 1.807) is 0 Å². The Balaban J connectivity index is 1.33. The fourth-order valence-corrected chi connectivity index (χ4v) is 3.42. The molecule has 1 saturated heterocycles. The average molecular weight is 370 g/mol. The number of anilines is 1. The van der Waals surface area contributed by atoms with E-state index in [0.29, 0.717) is 19.7 Å². The van der Waals surface area contributed by atoms with Crippen molar-refractivity contribution in [2.75, 3.05) is 50.8 Å². The van der Waals surface area contributed by atoms with Crippen molar-refractivity contribution in [3.63, 3.8) is 0 Å². The van der Waals surface area contributed by atoms with Gasteiger partial charge in [0, 0.05) is 6.07 Å². The second-order valence-corrected chi connectivity index (χ2v) is 7.13. The summed E-state index contributed by atoms with van der Waals surface area (Å²) in [5.74, 6) is 2.12. The Morgan fingerprint density at radius 3 is 2.74 bits per heavy atom. The molecule has 144 valence electrons. The number of hydrogen-bond donors (Lipinski definition) is 2. The SMILES string of the molecule is Cc1ccc(OCCNC(=O)C[NH+]2CCN(c3cccc[nH+]3)CC2)c(C)c1. The topological polar surface area (TPSA) is 60.1 Å². The monoisotopic (exact) mass is 370 g/mol. The van der Waals surface area contributed by atoms with Crippen molar-refractivity contribution < 1.29 is 19.4 Å². The largest absolute Gasteiger partial charge is 0.491 e. The molecule has 0 bridgehead atoms. The molecular weight excluding hydrogens is 340 g/mol. The molecule has 2 aromatic rings. The maximum absolute atomic E-state index is 12.2. The van der Waals surface area contributed by atoms with Gasteiger partial charge in [-0.2, -0.15) is 0 Å². The Kier molecular flexibility index (Phi) is 6.65. The number of carbonyl (C=O) groups is 1. The van der Waals surface area contributed by atoms with E-state index in [2.05, 4.69) is 34.3 Å². The average Bonchev–Trinajstić information content (AvgIpc) is 2.68. The highest BCUT2D eigenvalue weighted by atomic mass is 16.5. The van der Waals surface area contributed by atoms with Crippen molar-refractivity contribution in [2.24, 2.45) is 0 Å². The minimum atomic E-state index is 0.0916. The number of aromatic amines is 1. The normalized spacial score (nSPS) is 14.8. The molecule has 1 amide bonds. The lowest BCUT2D eigenvalue weighted by atomic mass is 10.1. The van der Waals surface area contributed by atoms with E-state index in [4.69, 9.17) is 4.74 Å². The van der Waals surface area contributed by atoms with Crippen molar-refractivity contribution in [3.05, 3.63) is 53.7 Å². The van der Waals surface area contributed by atoms with Crippen LogP contribution >= 0.6 is 0 Å². The zero-order chi connectivity index (χ0) is 19.1. The number of ether oxygens (including phenoxy) is 1. The number of quaternary nitrogens is 1. The fourth-order valence-electron chi connectivity index (χ4n) is 3.42. The predicted molar refractivity (Wildman–Crippen MR) is 105 cm³/mol. The number of amides is 1. The van der Waals surface area contributed by atoms with Crippen LogP contribution < -0.4 is 24.8 Å². The quantitative estimate of drug-likeness (QED) is 0.676. The summed E-state index contributed by atoms with van der Waals surface area (Å²) in [6.07, 6.45) is 1.95. The molecule has 0 saturated carbocycles. The lowest BCUT2D eigenvalue weighted by molar-refractivity contribution is -0.892. The van der Waals surface area contributed by atoms with Crippen LogP contribution in [0.15, 0.2) is 42.6 Å². The van der Waals surface area contributed by atoms with Crippen LogP contribution in [0.2, 0.25) is 0 Å². The molecule has 0 atom stereocenters. The van der Waals surface area contributed by atoms with Crippen molar-refractivity contribution in [1.82, 2.24) is 5.32 Å². The van der Waals surface area contributed by atoms with Crippen molar-refractivity contribution >= 4 is 11.7 Å². The fraction of sp³-hybridized carbons (Fsp3) is 0.429. The van der Waals surface area contributed by atoms with Crippen LogP contribution in [-0.2, 0) is 4.79 Å². The van der Waals surface area contributed by atoms with E-state index < -0.39 is 0 Å². The summed E-state index contributed by atoms with van der Waals surface area (Å²) in [4.78, 5) is 19.1. The van der Waals surface area contributed by atoms with Gasteiger partial charge in [0.25, 0.3) is 11.7 Å². The van der Waals surface area contributed by atoms with Gasteiger partial charge in [-0.15, -0.1) is 0 Å². The molecule has 3 N–H and O–H groups in total. The molecule has 0 radical (unpaired) electrons. The van der Waals surface area contributed by atoms with Gasteiger partial charge in [-0.05, 0) is 31.5 Å². The molecule has 1 aromatic heterocycles. The number of hydrogen-bond acceptors (Lipinski definition) is 3. The van der Waals surface area contributed by atoms with Gasteiger partial charge in [0.1, 0.15) is 38.5 Å². The zero-order valence-corrected chi connectivity index (χ0v) is 16.3. The lowest BCUT2D eigenvalue weighted by Crippen LogP contribution is -3.16. The summed E-state index contributed by atoms with van der Waals surface area (Å²) in [5.41, 5.74) is 2.35. The van der Waals surface area contributed by atoms with Gasteiger partial charge in [0.05, 0.1) is 12.7 Å². The number of H-pyrrole nitrogens is 1. The maximum atomic E-state index is 12.2. The molecule has 1 aromatic carbocycles. The molecule has 0 spiro atoms. The Morgan fingerprint density at radius 2 is 2.04 bits per heavy atom. The van der Waals surface area contributed by atoms with Crippen LogP contribution in [-0.4, -0.2) is 51.8 Å². The minimum absolute atomic E-state index is 0.0916. The Labute approximate surface area is 161 Å². The molecule has 0 aliphatic carbocycles. The first-order valence-electron chi connectivity index (χ1n) is 9.64. The molecule has 6 heteroatoms. The van der Waals surface area contributed by atoms with Gasteiger partial charge in [-0.1, -0.05) is 23.8 Å². The lowest BCUT2D eigenvalue weighted by Gasteiger charge is -2.27. The van der Waals surface area contributed by atoms with Crippen LogP contribution in [0.5, 0.6) is 5.75 Å². The van der Waals surface area contributed by atoms with Crippen LogP contribution in [0.3, 0.4) is 0 Å². The van der Waals surface area contributed by atoms with Gasteiger partial charge >= 0.3 is 0 Å². The van der Waals surface area contributed by atoms with Gasteiger partial charge in [0.15, 0.2) is 6.54 Å². The molecule has 6 nitrogen and oxygen atoms in total. The van der Waals surface area contributed by atoms with Gasteiger partial charge < -0.3 is 15.0 Å². The Morgan fingerprint density at radius 1 is 1.22 bits per heavy atom. The van der Waals surface area contributed by atoms with Crippen LogP contribution in [0, 0.1) is 13.8 Å². The molecule has 1 fully saturated rings. The Bertz CT molecular complexity index is 743. The number of carbonyl (C=O) groups excluding carboxylic acids is 1. The summed E-state index contributed by atoms with van der Waals surface area (Å²) in [7, 11) is 0. The molecule has 2 heterocycles. The number of nitrogens with zero attached hydrogens (tertiary/aromatic N) is 1. The molecule has 1 aliphatic heterocycles. The number of aromatic nitrogens is 1. The summed E-state index contributed by atoms with van der Waals surface area (Å²) in [6, 6.07) is 12.2. The van der Waals surface area contributed by atoms with Gasteiger partial charge in [-0.3, -0.25) is 9.69 Å². The summed E-state index contributed by atoms with van der Waals surface area (Å²) in [6.45, 7) is 9.50. The van der Waals surface area contributed by atoms with E-state index in [1.807, 2.05) is 37.4 Å². The third kappa shape index (κ3) is 5.69. The zero-order valence-electron chi connectivity index (χ0n) is 16.3. The second-order valence-electron chi connectivity index (χ2n) is 7.13. The number of benzene rings is 1. The molecule has 27 heavy (non-hydrogen) atoms. The van der Waals surface area contributed by atoms with Gasteiger partial charge in [0.2, 0.25) is 0 Å². The van der Waals surface area contributed by atoms with Crippen LogP contribution in [0.4, 0.5) is 5.82 Å². The highest BCUT2D eigenvalue weighted by molar-refractivity contribution is 5.76. The number of aryl methyl sites for hydroxylation is 2. The molecule has 0 unspecified atom stereocenters. The third-order valence-electron chi connectivity index (χ3n) is 4.93. The predicted octanol–water partition coefficient (Wildman–Crippen LogP) is 0.0176.